The van der Waals surface area contributed by atoms with Crippen LogP contribution in [0.3, 0.4) is 0 Å². The summed E-state index contributed by atoms with van der Waals surface area (Å²) in [5, 5.41) is 10.4. The maximum atomic E-state index is 12.8. The number of amides is 1. The number of fused-ring (bicyclic) bond motifs is 1. The lowest BCUT2D eigenvalue weighted by Crippen LogP contribution is -2.13. The fourth-order valence-electron chi connectivity index (χ4n) is 2.14. The second-order valence-electron chi connectivity index (χ2n) is 4.53. The molecule has 1 heterocycles. The van der Waals surface area contributed by atoms with E-state index in [-0.39, 0.29) is 11.7 Å². The lowest BCUT2D eigenvalue weighted by atomic mass is 10.1. The molecule has 3 aromatic rings. The Hall–Kier alpha value is -2.69. The van der Waals surface area contributed by atoms with E-state index in [9.17, 15) is 9.18 Å². The number of anilines is 1. The number of hydrogen-bond donors (Lipinski definition) is 2. The molecule has 2 aromatic carbocycles. The van der Waals surface area contributed by atoms with Gasteiger partial charge in [0.1, 0.15) is 5.82 Å². The predicted octanol–water partition coefficient (Wildman–Crippen LogP) is 3.26. The van der Waals surface area contributed by atoms with Crippen LogP contribution in [0, 0.1) is 12.7 Å². The molecule has 1 aromatic heterocycles. The van der Waals surface area contributed by atoms with Gasteiger partial charge in [-0.15, -0.1) is 0 Å². The zero-order valence-corrected chi connectivity index (χ0v) is 10.8. The molecule has 4 nitrogen and oxygen atoms in total. The molecule has 3 rings (SSSR count). The Morgan fingerprint density at radius 1 is 1.20 bits per heavy atom. The molecule has 0 aliphatic heterocycles. The summed E-state index contributed by atoms with van der Waals surface area (Å²) in [4.78, 5) is 12.2. The van der Waals surface area contributed by atoms with E-state index in [0.717, 1.165) is 16.5 Å². The molecular formula is C15H12FN3O. The molecule has 2 N–H and O–H groups in total. The summed E-state index contributed by atoms with van der Waals surface area (Å²) in [5.41, 5.74) is 2.65. The van der Waals surface area contributed by atoms with E-state index in [0.29, 0.717) is 11.4 Å². The molecule has 0 spiro atoms. The molecule has 0 aliphatic carbocycles. The first-order valence-corrected chi connectivity index (χ1v) is 6.16. The van der Waals surface area contributed by atoms with Gasteiger partial charge in [0.2, 0.25) is 0 Å². The van der Waals surface area contributed by atoms with Crippen molar-refractivity contribution in [1.29, 1.82) is 0 Å². The van der Waals surface area contributed by atoms with Gasteiger partial charge in [-0.3, -0.25) is 9.89 Å². The van der Waals surface area contributed by atoms with E-state index in [4.69, 9.17) is 0 Å². The number of rotatable bonds is 2. The van der Waals surface area contributed by atoms with Crippen molar-refractivity contribution in [2.24, 2.45) is 0 Å². The highest BCUT2D eigenvalue weighted by molar-refractivity contribution is 6.11. The van der Waals surface area contributed by atoms with Crippen LogP contribution in [-0.4, -0.2) is 16.1 Å². The topological polar surface area (TPSA) is 57.8 Å². The summed E-state index contributed by atoms with van der Waals surface area (Å²) in [7, 11) is 0. The zero-order chi connectivity index (χ0) is 14.1. The SMILES string of the molecule is Cc1cccc2[nH]nc(C(=O)Nc3ccc(F)cc3)c12. The normalized spacial score (nSPS) is 10.7. The van der Waals surface area contributed by atoms with Crippen LogP contribution in [-0.2, 0) is 0 Å². The summed E-state index contributed by atoms with van der Waals surface area (Å²) in [6.45, 7) is 1.92. The minimum atomic E-state index is -0.343. The first kappa shape index (κ1) is 12.3. The maximum absolute atomic E-state index is 12.8. The van der Waals surface area contributed by atoms with Crippen molar-refractivity contribution in [2.75, 3.05) is 5.32 Å². The van der Waals surface area contributed by atoms with Crippen LogP contribution < -0.4 is 5.32 Å². The number of carbonyl (C=O) groups is 1. The lowest BCUT2D eigenvalue weighted by molar-refractivity contribution is 0.102. The summed E-state index contributed by atoms with van der Waals surface area (Å²) < 4.78 is 12.8. The number of carbonyl (C=O) groups excluding carboxylic acids is 1. The van der Waals surface area contributed by atoms with Gasteiger partial charge in [0.15, 0.2) is 5.69 Å². The van der Waals surface area contributed by atoms with E-state index < -0.39 is 0 Å². The monoisotopic (exact) mass is 269 g/mol. The molecule has 1 amide bonds. The van der Waals surface area contributed by atoms with Gasteiger partial charge >= 0.3 is 0 Å². The summed E-state index contributed by atoms with van der Waals surface area (Å²) >= 11 is 0. The highest BCUT2D eigenvalue weighted by Crippen LogP contribution is 2.21. The number of halogens is 1. The van der Waals surface area contributed by atoms with Gasteiger partial charge in [-0.1, -0.05) is 12.1 Å². The van der Waals surface area contributed by atoms with Gasteiger partial charge in [0.05, 0.1) is 5.52 Å². The van der Waals surface area contributed by atoms with Crippen LogP contribution in [0.15, 0.2) is 42.5 Å². The second kappa shape index (κ2) is 4.77. The highest BCUT2D eigenvalue weighted by Gasteiger charge is 2.15. The molecule has 0 aliphatic rings. The van der Waals surface area contributed by atoms with Crippen LogP contribution in [0.1, 0.15) is 16.1 Å². The van der Waals surface area contributed by atoms with Crippen molar-refractivity contribution >= 4 is 22.5 Å². The van der Waals surface area contributed by atoms with E-state index in [1.165, 1.54) is 24.3 Å². The largest absolute Gasteiger partial charge is 0.321 e. The summed E-state index contributed by atoms with van der Waals surface area (Å²) in [6.07, 6.45) is 0. The van der Waals surface area contributed by atoms with Gasteiger partial charge < -0.3 is 5.32 Å². The molecule has 0 fully saturated rings. The third-order valence-electron chi connectivity index (χ3n) is 3.11. The minimum Gasteiger partial charge on any atom is -0.321 e. The fourth-order valence-corrected chi connectivity index (χ4v) is 2.14. The average Bonchev–Trinajstić information content (AvgIpc) is 2.87. The number of nitrogens with zero attached hydrogens (tertiary/aromatic N) is 1. The Morgan fingerprint density at radius 2 is 1.95 bits per heavy atom. The third-order valence-corrected chi connectivity index (χ3v) is 3.11. The number of benzene rings is 2. The highest BCUT2D eigenvalue weighted by atomic mass is 19.1. The van der Waals surface area contributed by atoms with Gasteiger partial charge in [-0.05, 0) is 42.8 Å². The summed E-state index contributed by atoms with van der Waals surface area (Å²) in [6, 6.07) is 11.3. The maximum Gasteiger partial charge on any atom is 0.276 e. The molecule has 100 valence electrons. The van der Waals surface area contributed by atoms with E-state index in [2.05, 4.69) is 15.5 Å². The molecule has 0 radical (unpaired) electrons. The van der Waals surface area contributed by atoms with Crippen molar-refractivity contribution in [3.05, 3.63) is 59.5 Å². The van der Waals surface area contributed by atoms with Crippen LogP contribution >= 0.6 is 0 Å². The number of H-pyrrole nitrogens is 1. The zero-order valence-electron chi connectivity index (χ0n) is 10.8. The first-order chi connectivity index (χ1) is 9.65. The van der Waals surface area contributed by atoms with Crippen molar-refractivity contribution in [3.63, 3.8) is 0 Å². The quantitative estimate of drug-likeness (QED) is 0.750. The number of nitrogens with one attached hydrogen (secondary N) is 2. The van der Waals surface area contributed by atoms with E-state index in [1.807, 2.05) is 25.1 Å². The Labute approximate surface area is 114 Å². The molecule has 0 unspecified atom stereocenters. The number of aryl methyl sites for hydroxylation is 1. The van der Waals surface area contributed by atoms with Gasteiger partial charge in [0.25, 0.3) is 5.91 Å². The Balaban J connectivity index is 1.95. The molecule has 0 saturated carbocycles. The fraction of sp³-hybridized carbons (Fsp3) is 0.0667. The molecule has 20 heavy (non-hydrogen) atoms. The van der Waals surface area contributed by atoms with E-state index in [1.54, 1.807) is 0 Å². The van der Waals surface area contributed by atoms with Crippen LogP contribution in [0.5, 0.6) is 0 Å². The Bertz CT molecular complexity index is 777. The first-order valence-electron chi connectivity index (χ1n) is 6.16. The Kier molecular flexibility index (Phi) is 2.95. The number of aromatic nitrogens is 2. The van der Waals surface area contributed by atoms with Crippen molar-refractivity contribution in [3.8, 4) is 0 Å². The van der Waals surface area contributed by atoms with Gasteiger partial charge in [0, 0.05) is 11.1 Å². The Morgan fingerprint density at radius 3 is 2.70 bits per heavy atom. The number of hydrogen-bond acceptors (Lipinski definition) is 2. The minimum absolute atomic E-state index is 0.322. The van der Waals surface area contributed by atoms with Crippen molar-refractivity contribution in [2.45, 2.75) is 6.92 Å². The third kappa shape index (κ3) is 2.14. The average molecular weight is 269 g/mol. The standard InChI is InChI=1S/C15H12FN3O/c1-9-3-2-4-12-13(9)14(19-18-12)15(20)17-11-7-5-10(16)6-8-11/h2-8H,1H3,(H,17,20)(H,18,19). The van der Waals surface area contributed by atoms with Gasteiger partial charge in [-0.2, -0.15) is 5.10 Å². The number of aromatic amines is 1. The second-order valence-corrected chi connectivity index (χ2v) is 4.53. The molecule has 5 heteroatoms. The van der Waals surface area contributed by atoms with Crippen LogP contribution in [0.2, 0.25) is 0 Å². The molecule has 0 saturated heterocycles. The summed E-state index contributed by atoms with van der Waals surface area (Å²) in [5.74, 6) is -0.666. The predicted molar refractivity (Wildman–Crippen MR) is 75.2 cm³/mol. The molecular weight excluding hydrogens is 257 g/mol. The van der Waals surface area contributed by atoms with E-state index >= 15 is 0 Å². The van der Waals surface area contributed by atoms with Crippen molar-refractivity contribution in [1.82, 2.24) is 10.2 Å². The molecule has 0 bridgehead atoms. The van der Waals surface area contributed by atoms with Gasteiger partial charge in [-0.25, -0.2) is 4.39 Å². The molecule has 0 atom stereocenters. The lowest BCUT2D eigenvalue weighted by Gasteiger charge is -2.04. The van der Waals surface area contributed by atoms with Crippen molar-refractivity contribution < 1.29 is 9.18 Å². The smallest absolute Gasteiger partial charge is 0.276 e. The van der Waals surface area contributed by atoms with Crippen LogP contribution in [0.25, 0.3) is 10.9 Å². The van der Waals surface area contributed by atoms with Crippen LogP contribution in [0.4, 0.5) is 10.1 Å².